The van der Waals surface area contributed by atoms with E-state index < -0.39 is 5.92 Å². The Morgan fingerprint density at radius 2 is 2.00 bits per heavy atom. The van der Waals surface area contributed by atoms with E-state index in [1.54, 1.807) is 30.1 Å². The fourth-order valence-electron chi connectivity index (χ4n) is 3.83. The van der Waals surface area contributed by atoms with Gasteiger partial charge in [-0.25, -0.2) is 14.5 Å². The van der Waals surface area contributed by atoms with E-state index in [1.807, 2.05) is 36.4 Å². The van der Waals surface area contributed by atoms with Crippen molar-refractivity contribution in [1.29, 1.82) is 0 Å². The molecule has 4 aromatic rings. The highest BCUT2D eigenvalue weighted by Gasteiger charge is 2.37. The Hall–Kier alpha value is -3.74. The van der Waals surface area contributed by atoms with Gasteiger partial charge in [0, 0.05) is 12.0 Å². The quantitative estimate of drug-likeness (QED) is 0.532. The van der Waals surface area contributed by atoms with Crippen LogP contribution in [0.2, 0.25) is 0 Å². The van der Waals surface area contributed by atoms with Crippen molar-refractivity contribution < 1.29 is 13.9 Å². The van der Waals surface area contributed by atoms with Crippen LogP contribution in [0.15, 0.2) is 70.8 Å². The normalized spacial score (nSPS) is 16.0. The molecule has 4 heterocycles. The predicted octanol–water partition coefficient (Wildman–Crippen LogP) is 3.70. The second-order valence-electron chi connectivity index (χ2n) is 7.00. The van der Waals surface area contributed by atoms with Crippen LogP contribution in [0.1, 0.15) is 42.5 Å². The number of ether oxygens (including phenoxy) is 1. The van der Waals surface area contributed by atoms with Gasteiger partial charge in [-0.1, -0.05) is 30.3 Å². The number of fused-ring (bicyclic) bond motifs is 3. The summed E-state index contributed by atoms with van der Waals surface area (Å²) in [5.41, 5.74) is 2.94. The first-order valence-electron chi connectivity index (χ1n) is 9.33. The highest BCUT2D eigenvalue weighted by Crippen LogP contribution is 2.44. The first-order chi connectivity index (χ1) is 14.1. The monoisotopic (exact) mass is 386 g/mol. The molecule has 5 rings (SSSR count). The summed E-state index contributed by atoms with van der Waals surface area (Å²) in [7, 11) is 0. The molecule has 0 spiro atoms. The molecule has 1 atom stereocenters. The van der Waals surface area contributed by atoms with Crippen molar-refractivity contribution in [2.24, 2.45) is 0 Å². The minimum atomic E-state index is -0.448. The third-order valence-corrected chi connectivity index (χ3v) is 5.05. The zero-order valence-corrected chi connectivity index (χ0v) is 16.0. The zero-order chi connectivity index (χ0) is 20.0. The van der Waals surface area contributed by atoms with Gasteiger partial charge >= 0.3 is 0 Å². The summed E-state index contributed by atoms with van der Waals surface area (Å²) in [5, 5.41) is 4.58. The second kappa shape index (κ2) is 6.70. The third-order valence-electron chi connectivity index (χ3n) is 5.05. The molecule has 1 aliphatic heterocycles. The van der Waals surface area contributed by atoms with Crippen LogP contribution >= 0.6 is 0 Å². The Morgan fingerprint density at radius 3 is 2.72 bits per heavy atom. The van der Waals surface area contributed by atoms with Crippen LogP contribution < -0.4 is 4.74 Å². The molecule has 29 heavy (non-hydrogen) atoms. The number of furan rings is 1. The van der Waals surface area contributed by atoms with Crippen LogP contribution in [0, 0.1) is 0 Å². The van der Waals surface area contributed by atoms with Crippen molar-refractivity contribution in [2.45, 2.75) is 26.2 Å². The molecule has 0 aliphatic carbocycles. The van der Waals surface area contributed by atoms with Gasteiger partial charge in [-0.2, -0.15) is 0 Å². The van der Waals surface area contributed by atoms with Gasteiger partial charge in [0.05, 0.1) is 17.7 Å². The van der Waals surface area contributed by atoms with Gasteiger partial charge < -0.3 is 9.15 Å². The number of benzene rings is 1. The van der Waals surface area contributed by atoms with Gasteiger partial charge in [0.15, 0.2) is 17.3 Å². The Kier molecular flexibility index (Phi) is 4.01. The molecule has 144 valence electrons. The molecule has 0 unspecified atom stereocenters. The predicted molar refractivity (Wildman–Crippen MR) is 105 cm³/mol. The molecule has 0 saturated heterocycles. The van der Waals surface area contributed by atoms with Crippen LogP contribution in [0.5, 0.6) is 5.88 Å². The maximum atomic E-state index is 12.5. The molecule has 0 bridgehead atoms. The number of rotatable bonds is 4. The number of hydrogen-bond donors (Lipinski definition) is 0. The van der Waals surface area contributed by atoms with Crippen LogP contribution in [0.4, 0.5) is 0 Å². The van der Waals surface area contributed by atoms with E-state index in [1.165, 1.54) is 6.92 Å². The standard InChI is InChI=1S/C22H18N4O3/c1-13(27)18-14(2)29-22-20(19(18)16-9-6-10-28-16)21-24-17(25-26(21)12-23-22)11-15-7-4-3-5-8-15/h3-10,12,19H,11H2,1-2H3/t19-/m0/s1. The number of nitrogens with zero attached hydrogens (tertiary/aromatic N) is 4. The Labute approximate surface area is 166 Å². The summed E-state index contributed by atoms with van der Waals surface area (Å²) in [6.45, 7) is 3.30. The van der Waals surface area contributed by atoms with E-state index in [0.717, 1.165) is 5.56 Å². The topological polar surface area (TPSA) is 82.5 Å². The first-order valence-corrected chi connectivity index (χ1v) is 9.33. The summed E-state index contributed by atoms with van der Waals surface area (Å²) in [6, 6.07) is 13.7. The molecule has 0 fully saturated rings. The van der Waals surface area contributed by atoms with E-state index in [0.29, 0.717) is 46.4 Å². The summed E-state index contributed by atoms with van der Waals surface area (Å²) in [4.78, 5) is 21.6. The molecular formula is C22H18N4O3. The number of carbonyl (C=O) groups is 1. The van der Waals surface area contributed by atoms with Gasteiger partial charge in [0.2, 0.25) is 5.88 Å². The molecule has 7 heteroatoms. The number of allylic oxidation sites excluding steroid dienone is 2. The maximum absolute atomic E-state index is 12.5. The fraction of sp³-hybridized carbons (Fsp3) is 0.182. The number of aromatic nitrogens is 4. The molecule has 3 aromatic heterocycles. The number of hydrogen-bond acceptors (Lipinski definition) is 6. The second-order valence-corrected chi connectivity index (χ2v) is 7.00. The zero-order valence-electron chi connectivity index (χ0n) is 16.0. The lowest BCUT2D eigenvalue weighted by Crippen LogP contribution is -2.21. The van der Waals surface area contributed by atoms with Crippen molar-refractivity contribution in [3.8, 4) is 5.88 Å². The van der Waals surface area contributed by atoms with Crippen molar-refractivity contribution in [2.75, 3.05) is 0 Å². The van der Waals surface area contributed by atoms with Gasteiger partial charge in [0.25, 0.3) is 0 Å². The molecule has 1 aliphatic rings. The van der Waals surface area contributed by atoms with E-state index >= 15 is 0 Å². The van der Waals surface area contributed by atoms with Crippen molar-refractivity contribution in [3.63, 3.8) is 0 Å². The summed E-state index contributed by atoms with van der Waals surface area (Å²) in [6.07, 6.45) is 3.77. The van der Waals surface area contributed by atoms with E-state index in [9.17, 15) is 4.79 Å². The number of ketones is 1. The van der Waals surface area contributed by atoms with Gasteiger partial charge in [-0.15, -0.1) is 5.10 Å². The molecule has 0 radical (unpaired) electrons. The van der Waals surface area contributed by atoms with Crippen molar-refractivity contribution in [1.82, 2.24) is 19.6 Å². The Bertz CT molecular complexity index is 1240. The SMILES string of the molecule is CC(=O)C1=C(C)Oc2ncn3nc(Cc4ccccc4)nc3c2[C@H]1c1ccco1. The lowest BCUT2D eigenvalue weighted by molar-refractivity contribution is -0.114. The smallest absolute Gasteiger partial charge is 0.228 e. The van der Waals surface area contributed by atoms with E-state index in [4.69, 9.17) is 14.1 Å². The maximum Gasteiger partial charge on any atom is 0.228 e. The average Bonchev–Trinajstić information content (AvgIpc) is 3.36. The van der Waals surface area contributed by atoms with Gasteiger partial charge in [-0.3, -0.25) is 4.79 Å². The Balaban J connectivity index is 1.69. The average molecular weight is 386 g/mol. The summed E-state index contributed by atoms with van der Waals surface area (Å²) in [5.74, 6) is 1.71. The minimum absolute atomic E-state index is 0.0828. The van der Waals surface area contributed by atoms with Crippen LogP contribution in [-0.2, 0) is 11.2 Å². The molecule has 0 amide bonds. The molecule has 7 nitrogen and oxygen atoms in total. The summed E-state index contributed by atoms with van der Waals surface area (Å²) < 4.78 is 13.2. The van der Waals surface area contributed by atoms with Crippen LogP contribution in [0.25, 0.3) is 5.65 Å². The highest BCUT2D eigenvalue weighted by atomic mass is 16.5. The number of Topliss-reactive ketones (excluding diaryl/α,β-unsaturated/α-hetero) is 1. The molecule has 1 aromatic carbocycles. The van der Waals surface area contributed by atoms with Crippen molar-refractivity contribution in [3.05, 3.63) is 89.1 Å². The lowest BCUT2D eigenvalue weighted by atomic mass is 9.85. The van der Waals surface area contributed by atoms with Crippen LogP contribution in [-0.4, -0.2) is 25.4 Å². The minimum Gasteiger partial charge on any atom is -0.468 e. The molecular weight excluding hydrogens is 368 g/mol. The number of carbonyl (C=O) groups excluding carboxylic acids is 1. The highest BCUT2D eigenvalue weighted by molar-refractivity contribution is 5.97. The molecule has 0 N–H and O–H groups in total. The van der Waals surface area contributed by atoms with Crippen LogP contribution in [0.3, 0.4) is 0 Å². The largest absolute Gasteiger partial charge is 0.468 e. The third kappa shape index (κ3) is 2.91. The van der Waals surface area contributed by atoms with E-state index in [-0.39, 0.29) is 5.78 Å². The Morgan fingerprint density at radius 1 is 1.17 bits per heavy atom. The first kappa shape index (κ1) is 17.4. The fourth-order valence-corrected chi connectivity index (χ4v) is 3.83. The molecule has 0 saturated carbocycles. The van der Waals surface area contributed by atoms with Crippen molar-refractivity contribution >= 4 is 11.4 Å². The van der Waals surface area contributed by atoms with Gasteiger partial charge in [0.1, 0.15) is 17.8 Å². The lowest BCUT2D eigenvalue weighted by Gasteiger charge is -2.26. The summed E-state index contributed by atoms with van der Waals surface area (Å²) >= 11 is 0. The van der Waals surface area contributed by atoms with Gasteiger partial charge in [-0.05, 0) is 31.5 Å². The van der Waals surface area contributed by atoms with E-state index in [2.05, 4.69) is 10.1 Å².